The molecule has 0 spiro atoms. The van der Waals surface area contributed by atoms with Gasteiger partial charge in [-0.1, -0.05) is 13.0 Å². The molecule has 0 N–H and O–H groups in total. The van der Waals surface area contributed by atoms with E-state index in [0.717, 1.165) is 0 Å². The van der Waals surface area contributed by atoms with Crippen LogP contribution in [0.25, 0.3) is 0 Å². The first-order valence-electron chi connectivity index (χ1n) is 7.43. The Kier molecular flexibility index (Phi) is 3.49. The van der Waals surface area contributed by atoms with Crippen molar-refractivity contribution in [3.63, 3.8) is 0 Å². The lowest BCUT2D eigenvalue weighted by Gasteiger charge is -2.48. The molecule has 1 fully saturated rings. The van der Waals surface area contributed by atoms with Crippen molar-refractivity contribution in [3.05, 3.63) is 41.0 Å². The third-order valence-electron chi connectivity index (χ3n) is 5.24. The predicted molar refractivity (Wildman–Crippen MR) is 74.8 cm³/mol. The third-order valence-corrected chi connectivity index (χ3v) is 5.24. The molecule has 3 aliphatic carbocycles. The summed E-state index contributed by atoms with van der Waals surface area (Å²) in [5.41, 5.74) is -1.59. The Morgan fingerprint density at radius 1 is 0.955 bits per heavy atom. The maximum Gasteiger partial charge on any atom is 0.200 e. The van der Waals surface area contributed by atoms with Gasteiger partial charge in [-0.3, -0.25) is 0 Å². The zero-order chi connectivity index (χ0) is 16.1. The molecule has 3 aliphatic rings. The first-order chi connectivity index (χ1) is 10.3. The fraction of sp³-hybridized carbons (Fsp3) is 0.529. The molecule has 0 radical (unpaired) electrons. The average molecular weight is 314 g/mol. The standard InChI is InChI=1S/C17H18F4O/c1-10-3-4-11(13(19)12(10)18)22-9-17-7-5-16(2,6-8-17)14(20)15(17)21/h3-4H,5-9H2,1-2H3. The molecular formula is C17H18F4O. The maximum absolute atomic E-state index is 14.4. The lowest BCUT2D eigenvalue weighted by atomic mass is 9.58. The molecule has 1 aromatic rings. The highest BCUT2D eigenvalue weighted by molar-refractivity contribution is 5.31. The molecule has 22 heavy (non-hydrogen) atoms. The van der Waals surface area contributed by atoms with E-state index in [1.54, 1.807) is 6.92 Å². The first-order valence-corrected chi connectivity index (χ1v) is 7.43. The van der Waals surface area contributed by atoms with Gasteiger partial charge < -0.3 is 4.74 Å². The normalized spacial score (nSPS) is 30.8. The number of aryl methyl sites for hydroxylation is 1. The summed E-state index contributed by atoms with van der Waals surface area (Å²) >= 11 is 0. The van der Waals surface area contributed by atoms with Crippen LogP contribution in [0.5, 0.6) is 5.75 Å². The molecule has 0 saturated heterocycles. The summed E-state index contributed by atoms with van der Waals surface area (Å²) in [5.74, 6) is -3.80. The van der Waals surface area contributed by atoms with Gasteiger partial charge in [0.25, 0.3) is 0 Å². The van der Waals surface area contributed by atoms with Gasteiger partial charge in [0.2, 0.25) is 5.82 Å². The van der Waals surface area contributed by atoms with Crippen LogP contribution in [0.2, 0.25) is 0 Å². The van der Waals surface area contributed by atoms with Crippen LogP contribution < -0.4 is 4.74 Å². The summed E-state index contributed by atoms with van der Waals surface area (Å²) < 4.78 is 61.2. The number of hydrogen-bond donors (Lipinski definition) is 0. The molecule has 0 atom stereocenters. The summed E-state index contributed by atoms with van der Waals surface area (Å²) in [4.78, 5) is 0. The van der Waals surface area contributed by atoms with Gasteiger partial charge in [-0.25, -0.2) is 13.2 Å². The Morgan fingerprint density at radius 3 is 2.23 bits per heavy atom. The Hall–Kier alpha value is -1.52. The first kappa shape index (κ1) is 15.4. The highest BCUT2D eigenvalue weighted by atomic mass is 19.2. The van der Waals surface area contributed by atoms with E-state index in [-0.39, 0.29) is 17.9 Å². The van der Waals surface area contributed by atoms with Crippen LogP contribution in [-0.4, -0.2) is 6.61 Å². The topological polar surface area (TPSA) is 9.23 Å². The van der Waals surface area contributed by atoms with E-state index in [9.17, 15) is 17.6 Å². The maximum atomic E-state index is 14.4. The lowest BCUT2D eigenvalue weighted by Crippen LogP contribution is -2.44. The zero-order valence-corrected chi connectivity index (χ0v) is 12.6. The summed E-state index contributed by atoms with van der Waals surface area (Å²) in [6, 6.07) is 2.72. The van der Waals surface area contributed by atoms with E-state index < -0.39 is 34.1 Å². The van der Waals surface area contributed by atoms with Crippen molar-refractivity contribution in [2.45, 2.75) is 39.5 Å². The van der Waals surface area contributed by atoms with Crippen LogP contribution in [0.15, 0.2) is 23.8 Å². The van der Waals surface area contributed by atoms with E-state index in [2.05, 4.69) is 0 Å². The van der Waals surface area contributed by atoms with Crippen LogP contribution in [0.4, 0.5) is 17.6 Å². The Labute approximate surface area is 127 Å². The fourth-order valence-electron chi connectivity index (χ4n) is 3.38. The van der Waals surface area contributed by atoms with Crippen molar-refractivity contribution in [3.8, 4) is 5.75 Å². The van der Waals surface area contributed by atoms with E-state index in [1.807, 2.05) is 0 Å². The Bertz CT molecular complexity index is 642. The number of fused-ring (bicyclic) bond motifs is 2. The largest absolute Gasteiger partial charge is 0.489 e. The van der Waals surface area contributed by atoms with Gasteiger partial charge in [0.15, 0.2) is 11.6 Å². The SMILES string of the molecule is Cc1ccc(OCC23CCC(C)(CC2)C(F)=C3F)c(F)c1F. The zero-order valence-electron chi connectivity index (χ0n) is 12.6. The minimum atomic E-state index is -1.09. The minimum Gasteiger partial charge on any atom is -0.489 e. The molecule has 0 aromatic heterocycles. The van der Waals surface area contributed by atoms with Crippen molar-refractivity contribution in [2.24, 2.45) is 10.8 Å². The molecule has 4 rings (SSSR count). The molecular weight excluding hydrogens is 296 g/mol. The molecule has 1 saturated carbocycles. The van der Waals surface area contributed by atoms with Crippen LogP contribution >= 0.6 is 0 Å². The van der Waals surface area contributed by atoms with Gasteiger partial charge in [0, 0.05) is 5.41 Å². The predicted octanol–water partition coefficient (Wildman–Crippen LogP) is 5.38. The fourth-order valence-corrected chi connectivity index (χ4v) is 3.38. The van der Waals surface area contributed by atoms with Crippen molar-refractivity contribution >= 4 is 0 Å². The van der Waals surface area contributed by atoms with Gasteiger partial charge >= 0.3 is 0 Å². The van der Waals surface area contributed by atoms with Gasteiger partial charge in [-0.05, 0) is 44.2 Å². The Balaban J connectivity index is 1.84. The lowest BCUT2D eigenvalue weighted by molar-refractivity contribution is 0.0196. The third kappa shape index (κ3) is 2.13. The van der Waals surface area contributed by atoms with Gasteiger partial charge in [0.1, 0.15) is 18.3 Å². The molecule has 1 nitrogen and oxygen atoms in total. The van der Waals surface area contributed by atoms with Crippen LogP contribution in [0.3, 0.4) is 0 Å². The molecule has 0 unspecified atom stereocenters. The molecule has 5 heteroatoms. The van der Waals surface area contributed by atoms with Crippen molar-refractivity contribution < 1.29 is 22.3 Å². The van der Waals surface area contributed by atoms with Crippen LogP contribution in [-0.2, 0) is 0 Å². The summed E-state index contributed by atoms with van der Waals surface area (Å²) in [6.07, 6.45) is 2.00. The minimum absolute atomic E-state index is 0.172. The van der Waals surface area contributed by atoms with Crippen molar-refractivity contribution in [2.75, 3.05) is 6.61 Å². The Morgan fingerprint density at radius 2 is 1.59 bits per heavy atom. The molecule has 2 bridgehead atoms. The van der Waals surface area contributed by atoms with E-state index in [0.29, 0.717) is 25.7 Å². The molecule has 120 valence electrons. The van der Waals surface area contributed by atoms with Crippen molar-refractivity contribution in [1.82, 2.24) is 0 Å². The summed E-state index contributed by atoms with van der Waals surface area (Å²) in [5, 5.41) is 0. The highest BCUT2D eigenvalue weighted by Gasteiger charge is 2.54. The van der Waals surface area contributed by atoms with E-state index in [4.69, 9.17) is 4.74 Å². The van der Waals surface area contributed by atoms with Crippen LogP contribution in [0.1, 0.15) is 38.2 Å². The van der Waals surface area contributed by atoms with Crippen LogP contribution in [0, 0.1) is 29.4 Å². The van der Waals surface area contributed by atoms with Gasteiger partial charge in [0.05, 0.1) is 5.41 Å². The number of rotatable bonds is 3. The quantitative estimate of drug-likeness (QED) is 0.680. The highest BCUT2D eigenvalue weighted by Crippen LogP contribution is 2.60. The number of ether oxygens (including phenoxy) is 1. The number of halogens is 4. The van der Waals surface area contributed by atoms with Gasteiger partial charge in [-0.2, -0.15) is 4.39 Å². The molecule has 0 aliphatic heterocycles. The second-order valence-corrected chi connectivity index (χ2v) is 6.77. The molecule has 0 amide bonds. The summed E-state index contributed by atoms with van der Waals surface area (Å²) in [6.45, 7) is 2.99. The monoisotopic (exact) mass is 314 g/mol. The summed E-state index contributed by atoms with van der Waals surface area (Å²) in [7, 11) is 0. The number of hydrogen-bond acceptors (Lipinski definition) is 1. The second-order valence-electron chi connectivity index (χ2n) is 6.77. The van der Waals surface area contributed by atoms with E-state index >= 15 is 0 Å². The number of benzene rings is 1. The number of allylic oxidation sites excluding steroid dienone is 1. The second kappa shape index (κ2) is 5.00. The molecule has 1 aromatic carbocycles. The molecule has 0 heterocycles. The smallest absolute Gasteiger partial charge is 0.200 e. The van der Waals surface area contributed by atoms with Gasteiger partial charge in [-0.15, -0.1) is 0 Å². The van der Waals surface area contributed by atoms with Crippen molar-refractivity contribution in [1.29, 1.82) is 0 Å². The average Bonchev–Trinajstić information content (AvgIpc) is 2.51. The van der Waals surface area contributed by atoms with E-state index in [1.165, 1.54) is 19.1 Å².